The van der Waals surface area contributed by atoms with Crippen LogP contribution in [0.4, 0.5) is 11.4 Å². The summed E-state index contributed by atoms with van der Waals surface area (Å²) in [5, 5.41) is 5.89. The van der Waals surface area contributed by atoms with Gasteiger partial charge in [0, 0.05) is 22.6 Å². The molecule has 0 radical (unpaired) electrons. The molecule has 4 rings (SSSR count). The first-order valence-corrected chi connectivity index (χ1v) is 12.1. The number of thiophene rings is 1. The van der Waals surface area contributed by atoms with E-state index in [-0.39, 0.29) is 11.8 Å². The molecule has 0 bridgehead atoms. The molecule has 0 unspecified atom stereocenters. The highest BCUT2D eigenvalue weighted by Gasteiger charge is 2.20. The Kier molecular flexibility index (Phi) is 7.29. The third-order valence-electron chi connectivity index (χ3n) is 5.43. The van der Waals surface area contributed by atoms with Crippen molar-refractivity contribution in [2.24, 2.45) is 0 Å². The molecule has 33 heavy (non-hydrogen) atoms. The third-order valence-corrected chi connectivity index (χ3v) is 6.67. The van der Waals surface area contributed by atoms with Gasteiger partial charge in [-0.25, -0.2) is 0 Å². The quantitative estimate of drug-likeness (QED) is 0.433. The zero-order chi connectivity index (χ0) is 23.2. The number of carbonyl (C=O) groups excluding carboxylic acids is 2. The van der Waals surface area contributed by atoms with E-state index in [0.29, 0.717) is 46.5 Å². The Balaban J connectivity index is 1.61. The topological polar surface area (TPSA) is 76.7 Å². The fourth-order valence-electron chi connectivity index (χ4n) is 3.88. The van der Waals surface area contributed by atoms with E-state index in [9.17, 15) is 9.59 Å². The summed E-state index contributed by atoms with van der Waals surface area (Å²) < 4.78 is 11.6. The van der Waals surface area contributed by atoms with Crippen LogP contribution in [0.25, 0.3) is 0 Å². The summed E-state index contributed by atoms with van der Waals surface area (Å²) in [5.41, 5.74) is 2.82. The third kappa shape index (κ3) is 5.37. The molecular formula is C26H28N2O4S. The normalized spacial score (nSPS) is 12.5. The van der Waals surface area contributed by atoms with Crippen LogP contribution in [0.1, 0.15) is 57.2 Å². The molecule has 1 aliphatic carbocycles. The van der Waals surface area contributed by atoms with Crippen molar-refractivity contribution in [2.75, 3.05) is 23.8 Å². The second-order valence-corrected chi connectivity index (χ2v) is 8.89. The lowest BCUT2D eigenvalue weighted by Gasteiger charge is -2.17. The lowest BCUT2D eigenvalue weighted by Crippen LogP contribution is -2.15. The van der Waals surface area contributed by atoms with Gasteiger partial charge in [-0.3, -0.25) is 9.59 Å². The van der Waals surface area contributed by atoms with E-state index in [4.69, 9.17) is 9.47 Å². The van der Waals surface area contributed by atoms with Gasteiger partial charge in [0.15, 0.2) is 0 Å². The van der Waals surface area contributed by atoms with Crippen LogP contribution in [0.5, 0.6) is 11.5 Å². The lowest BCUT2D eigenvalue weighted by atomic mass is 9.99. The van der Waals surface area contributed by atoms with Gasteiger partial charge >= 0.3 is 0 Å². The highest BCUT2D eigenvalue weighted by atomic mass is 32.1. The molecule has 3 aromatic rings. The van der Waals surface area contributed by atoms with Crippen LogP contribution >= 0.6 is 11.3 Å². The van der Waals surface area contributed by atoms with Gasteiger partial charge in [0.05, 0.1) is 29.5 Å². The van der Waals surface area contributed by atoms with Gasteiger partial charge in [-0.2, -0.15) is 0 Å². The molecule has 0 spiro atoms. The average Bonchev–Trinajstić information content (AvgIpc) is 3.27. The first-order valence-electron chi connectivity index (χ1n) is 11.3. The first kappa shape index (κ1) is 22.9. The molecule has 1 aromatic heterocycles. The van der Waals surface area contributed by atoms with Crippen molar-refractivity contribution >= 4 is 34.5 Å². The predicted octanol–water partition coefficient (Wildman–Crippen LogP) is 5.93. The van der Waals surface area contributed by atoms with E-state index < -0.39 is 0 Å². The number of ether oxygens (including phenoxy) is 2. The van der Waals surface area contributed by atoms with Crippen molar-refractivity contribution in [3.05, 3.63) is 69.4 Å². The van der Waals surface area contributed by atoms with Crippen LogP contribution in [0, 0.1) is 0 Å². The Bertz CT molecular complexity index is 1120. The minimum absolute atomic E-state index is 0.168. The van der Waals surface area contributed by atoms with E-state index in [1.807, 2.05) is 38.1 Å². The highest BCUT2D eigenvalue weighted by molar-refractivity contribution is 7.14. The maximum Gasteiger partial charge on any atom is 0.265 e. The number of fused-ring (bicyclic) bond motifs is 1. The second kappa shape index (κ2) is 10.5. The fourth-order valence-corrected chi connectivity index (χ4v) is 5.02. The number of benzene rings is 2. The van der Waals surface area contributed by atoms with Gasteiger partial charge in [0.1, 0.15) is 11.5 Å². The van der Waals surface area contributed by atoms with Crippen molar-refractivity contribution in [1.82, 2.24) is 0 Å². The zero-order valence-corrected chi connectivity index (χ0v) is 19.7. The number of carbonyl (C=O) groups is 2. The number of rotatable bonds is 8. The van der Waals surface area contributed by atoms with E-state index in [1.54, 1.807) is 35.6 Å². The lowest BCUT2D eigenvalue weighted by molar-refractivity contribution is 0.101. The molecule has 0 saturated heterocycles. The van der Waals surface area contributed by atoms with Gasteiger partial charge in [-0.05, 0) is 63.3 Å². The second-order valence-electron chi connectivity index (χ2n) is 7.75. The van der Waals surface area contributed by atoms with Crippen LogP contribution in [0.2, 0.25) is 0 Å². The van der Waals surface area contributed by atoms with E-state index in [2.05, 4.69) is 10.6 Å². The van der Waals surface area contributed by atoms with E-state index >= 15 is 0 Å². The molecule has 2 aromatic carbocycles. The molecule has 0 saturated carbocycles. The summed E-state index contributed by atoms with van der Waals surface area (Å²) in [6, 6.07) is 14.4. The maximum atomic E-state index is 13.0. The smallest absolute Gasteiger partial charge is 0.265 e. The fraction of sp³-hybridized carbons (Fsp3) is 0.308. The SMILES string of the molecule is CCOc1cc(NC(=O)c2cc3c(s2)CCCC3)c(OCC)cc1NC(=O)c1ccccc1. The number of aryl methyl sites for hydroxylation is 2. The molecule has 0 aliphatic heterocycles. The minimum atomic E-state index is -0.250. The molecule has 2 N–H and O–H groups in total. The first-order chi connectivity index (χ1) is 16.1. The molecule has 0 atom stereocenters. The average molecular weight is 465 g/mol. The summed E-state index contributed by atoms with van der Waals surface area (Å²) >= 11 is 1.56. The van der Waals surface area contributed by atoms with Crippen molar-refractivity contribution in [1.29, 1.82) is 0 Å². The van der Waals surface area contributed by atoms with Crippen molar-refractivity contribution in [3.8, 4) is 11.5 Å². The Labute approximate surface area is 197 Å². The number of nitrogens with one attached hydrogen (secondary N) is 2. The largest absolute Gasteiger partial charge is 0.492 e. The van der Waals surface area contributed by atoms with Gasteiger partial charge in [0.2, 0.25) is 0 Å². The summed E-state index contributed by atoms with van der Waals surface area (Å²) in [5.74, 6) is 0.517. The van der Waals surface area contributed by atoms with Gasteiger partial charge in [-0.1, -0.05) is 18.2 Å². The Morgan fingerprint density at radius 2 is 1.45 bits per heavy atom. The van der Waals surface area contributed by atoms with Crippen LogP contribution in [0.15, 0.2) is 48.5 Å². The molecule has 172 valence electrons. The van der Waals surface area contributed by atoms with Crippen molar-refractivity contribution in [2.45, 2.75) is 39.5 Å². The Hall–Kier alpha value is -3.32. The van der Waals surface area contributed by atoms with Gasteiger partial charge < -0.3 is 20.1 Å². The number of hydrogen-bond acceptors (Lipinski definition) is 5. The Morgan fingerprint density at radius 1 is 0.848 bits per heavy atom. The Morgan fingerprint density at radius 3 is 2.06 bits per heavy atom. The summed E-state index contributed by atoms with van der Waals surface area (Å²) in [6.45, 7) is 4.56. The predicted molar refractivity (Wildman–Crippen MR) is 132 cm³/mol. The molecule has 2 amide bonds. The summed E-state index contributed by atoms with van der Waals surface area (Å²) in [7, 11) is 0. The van der Waals surface area contributed by atoms with Crippen LogP contribution < -0.4 is 20.1 Å². The molecule has 6 nitrogen and oxygen atoms in total. The zero-order valence-electron chi connectivity index (χ0n) is 18.9. The number of anilines is 2. The minimum Gasteiger partial charge on any atom is -0.492 e. The maximum absolute atomic E-state index is 13.0. The van der Waals surface area contributed by atoms with Crippen LogP contribution in [-0.4, -0.2) is 25.0 Å². The van der Waals surface area contributed by atoms with E-state index in [1.165, 1.54) is 23.3 Å². The number of hydrogen-bond donors (Lipinski definition) is 2. The summed E-state index contributed by atoms with van der Waals surface area (Å²) in [6.07, 6.45) is 4.43. The van der Waals surface area contributed by atoms with Crippen molar-refractivity contribution < 1.29 is 19.1 Å². The van der Waals surface area contributed by atoms with Gasteiger partial charge in [0.25, 0.3) is 11.8 Å². The summed E-state index contributed by atoms with van der Waals surface area (Å²) in [4.78, 5) is 27.8. The number of amides is 2. The van der Waals surface area contributed by atoms with Gasteiger partial charge in [-0.15, -0.1) is 11.3 Å². The molecule has 1 aliphatic rings. The molecular weight excluding hydrogens is 436 g/mol. The van der Waals surface area contributed by atoms with Crippen LogP contribution in [0.3, 0.4) is 0 Å². The van der Waals surface area contributed by atoms with Crippen LogP contribution in [-0.2, 0) is 12.8 Å². The van der Waals surface area contributed by atoms with Crippen molar-refractivity contribution in [3.63, 3.8) is 0 Å². The van der Waals surface area contributed by atoms with E-state index in [0.717, 1.165) is 12.8 Å². The molecule has 1 heterocycles. The molecule has 0 fully saturated rings. The molecule has 7 heteroatoms. The highest BCUT2D eigenvalue weighted by Crippen LogP contribution is 2.38. The standard InChI is InChI=1S/C26H28N2O4S/c1-3-31-21-16-20(28-26(30)24-14-18-12-8-9-13-23(18)33-24)22(32-4-2)15-19(21)27-25(29)17-10-6-5-7-11-17/h5-7,10-11,14-16H,3-4,8-9,12-13H2,1-2H3,(H,27,29)(H,28,30). The monoisotopic (exact) mass is 464 g/mol.